The molecular weight excluding hydrogens is 318 g/mol. The Kier molecular flexibility index (Phi) is 6.50. The fourth-order valence-corrected chi connectivity index (χ4v) is 1.78. The molecule has 0 radical (unpaired) electrons. The van der Waals surface area contributed by atoms with E-state index in [1.165, 1.54) is 0 Å². The molecule has 1 aromatic rings. The topological polar surface area (TPSA) is 29.5 Å². The predicted molar refractivity (Wildman–Crippen MR) is 77.2 cm³/mol. The van der Waals surface area contributed by atoms with Crippen LogP contribution in [0.3, 0.4) is 0 Å². The summed E-state index contributed by atoms with van der Waals surface area (Å²) >= 11 is 9.01. The van der Waals surface area contributed by atoms with Crippen LogP contribution >= 0.6 is 27.5 Å². The highest BCUT2D eigenvalue weighted by atomic mass is 79.9. The van der Waals surface area contributed by atoms with Crippen LogP contribution < -0.4 is 4.74 Å². The van der Waals surface area contributed by atoms with Gasteiger partial charge in [-0.2, -0.15) is 0 Å². The first-order chi connectivity index (χ1) is 8.54. The third-order valence-corrected chi connectivity index (χ3v) is 3.53. The van der Waals surface area contributed by atoms with Crippen LogP contribution in [-0.2, 0) is 4.79 Å². The third kappa shape index (κ3) is 4.86. The van der Waals surface area contributed by atoms with E-state index in [0.29, 0.717) is 19.0 Å². The van der Waals surface area contributed by atoms with Gasteiger partial charge in [0.15, 0.2) is 0 Å². The van der Waals surface area contributed by atoms with Crippen molar-refractivity contribution in [2.75, 3.05) is 26.1 Å². The van der Waals surface area contributed by atoms with Crippen LogP contribution in [0.1, 0.15) is 6.92 Å². The maximum absolute atomic E-state index is 11.7. The molecule has 3 nitrogen and oxygen atoms in total. The lowest BCUT2D eigenvalue weighted by Gasteiger charge is -2.20. The smallest absolute Gasteiger partial charge is 0.226 e. The molecule has 1 rings (SSSR count). The molecule has 0 heterocycles. The minimum atomic E-state index is -0.149. The molecule has 1 atom stereocenters. The van der Waals surface area contributed by atoms with Crippen LogP contribution in [0.4, 0.5) is 0 Å². The summed E-state index contributed by atoms with van der Waals surface area (Å²) in [5.74, 6) is 1.04. The lowest BCUT2D eigenvalue weighted by atomic mass is 10.2. The number of hydrogen-bond donors (Lipinski definition) is 0. The second kappa shape index (κ2) is 7.64. The number of hydrogen-bond acceptors (Lipinski definition) is 2. The maximum atomic E-state index is 11.7. The largest absolute Gasteiger partial charge is 0.492 e. The molecule has 0 aromatic heterocycles. The van der Waals surface area contributed by atoms with Crippen molar-refractivity contribution in [3.8, 4) is 5.75 Å². The van der Waals surface area contributed by atoms with Crippen LogP contribution in [0.15, 0.2) is 28.7 Å². The molecule has 0 bridgehead atoms. The molecule has 18 heavy (non-hydrogen) atoms. The first kappa shape index (κ1) is 15.3. The van der Waals surface area contributed by atoms with Crippen molar-refractivity contribution in [3.05, 3.63) is 28.7 Å². The van der Waals surface area contributed by atoms with Crippen LogP contribution in [0.25, 0.3) is 0 Å². The van der Waals surface area contributed by atoms with Crippen molar-refractivity contribution in [2.45, 2.75) is 6.92 Å². The molecule has 0 aliphatic heterocycles. The minimum absolute atomic E-state index is 0.0457. The Morgan fingerprint density at radius 1 is 1.44 bits per heavy atom. The highest BCUT2D eigenvalue weighted by Crippen LogP contribution is 2.16. The normalized spacial score (nSPS) is 12.0. The van der Waals surface area contributed by atoms with Crippen LogP contribution in [0.2, 0.25) is 0 Å². The molecule has 0 fully saturated rings. The van der Waals surface area contributed by atoms with E-state index in [1.54, 1.807) is 11.9 Å². The van der Waals surface area contributed by atoms with E-state index in [4.69, 9.17) is 16.3 Å². The summed E-state index contributed by atoms with van der Waals surface area (Å²) in [4.78, 5) is 13.4. The summed E-state index contributed by atoms with van der Waals surface area (Å²) in [6.07, 6.45) is 0. The van der Waals surface area contributed by atoms with Crippen molar-refractivity contribution >= 4 is 33.4 Å². The highest BCUT2D eigenvalue weighted by molar-refractivity contribution is 9.10. The summed E-state index contributed by atoms with van der Waals surface area (Å²) in [5, 5.41) is 0. The number of rotatable bonds is 6. The Bertz CT molecular complexity index is 383. The molecule has 0 N–H and O–H groups in total. The van der Waals surface area contributed by atoms with E-state index in [9.17, 15) is 4.79 Å². The van der Waals surface area contributed by atoms with Gasteiger partial charge in [-0.25, -0.2) is 0 Å². The summed E-state index contributed by atoms with van der Waals surface area (Å²) in [6.45, 7) is 2.84. The van der Waals surface area contributed by atoms with E-state index < -0.39 is 0 Å². The molecular formula is C13H17BrClNO2. The molecule has 1 amide bonds. The van der Waals surface area contributed by atoms with Crippen molar-refractivity contribution in [3.63, 3.8) is 0 Å². The van der Waals surface area contributed by atoms with Gasteiger partial charge in [-0.3, -0.25) is 4.79 Å². The fraction of sp³-hybridized carbons (Fsp3) is 0.462. The molecule has 0 saturated carbocycles. The summed E-state index contributed by atoms with van der Waals surface area (Å²) in [7, 11) is 1.76. The van der Waals surface area contributed by atoms with Gasteiger partial charge >= 0.3 is 0 Å². The number of amides is 1. The number of carbonyl (C=O) groups excluding carboxylic acids is 1. The van der Waals surface area contributed by atoms with Gasteiger partial charge in [0.2, 0.25) is 5.91 Å². The van der Waals surface area contributed by atoms with Crippen LogP contribution in [0.5, 0.6) is 5.75 Å². The van der Waals surface area contributed by atoms with Gasteiger partial charge in [-0.1, -0.05) is 22.9 Å². The standard InChI is InChI=1S/C13H17BrClNO2/c1-10(9-15)13(17)16(2)7-8-18-12-5-3-11(14)4-6-12/h3-6,10H,7-9H2,1-2H3. The van der Waals surface area contributed by atoms with E-state index in [2.05, 4.69) is 15.9 Å². The van der Waals surface area contributed by atoms with E-state index >= 15 is 0 Å². The van der Waals surface area contributed by atoms with Gasteiger partial charge in [0, 0.05) is 23.3 Å². The molecule has 0 aliphatic carbocycles. The predicted octanol–water partition coefficient (Wildman–Crippen LogP) is 3.16. The van der Waals surface area contributed by atoms with Gasteiger partial charge in [0.05, 0.1) is 6.54 Å². The molecule has 1 unspecified atom stereocenters. The summed E-state index contributed by atoms with van der Waals surface area (Å²) < 4.78 is 6.56. The number of benzene rings is 1. The quantitative estimate of drug-likeness (QED) is 0.748. The molecule has 100 valence electrons. The van der Waals surface area contributed by atoms with Crippen molar-refractivity contribution in [2.24, 2.45) is 5.92 Å². The van der Waals surface area contributed by atoms with Crippen molar-refractivity contribution in [1.82, 2.24) is 4.90 Å². The fourth-order valence-electron chi connectivity index (χ4n) is 1.38. The van der Waals surface area contributed by atoms with E-state index in [1.807, 2.05) is 31.2 Å². The molecule has 5 heteroatoms. The molecule has 0 spiro atoms. The summed E-state index contributed by atoms with van der Waals surface area (Å²) in [5.41, 5.74) is 0. The van der Waals surface area contributed by atoms with Gasteiger partial charge in [-0.15, -0.1) is 11.6 Å². The van der Waals surface area contributed by atoms with Crippen LogP contribution in [-0.4, -0.2) is 36.9 Å². The van der Waals surface area contributed by atoms with Crippen molar-refractivity contribution < 1.29 is 9.53 Å². The minimum Gasteiger partial charge on any atom is -0.492 e. The number of halogens is 2. The Morgan fingerprint density at radius 2 is 2.06 bits per heavy atom. The molecule has 1 aromatic carbocycles. The molecule has 0 saturated heterocycles. The van der Waals surface area contributed by atoms with E-state index in [0.717, 1.165) is 10.2 Å². The van der Waals surface area contributed by atoms with Gasteiger partial charge in [-0.05, 0) is 24.3 Å². The lowest BCUT2D eigenvalue weighted by Crippen LogP contribution is -2.35. The van der Waals surface area contributed by atoms with Gasteiger partial charge in [0.25, 0.3) is 0 Å². The van der Waals surface area contributed by atoms with E-state index in [-0.39, 0.29) is 11.8 Å². The average molecular weight is 335 g/mol. The lowest BCUT2D eigenvalue weighted by molar-refractivity contribution is -0.133. The number of ether oxygens (including phenoxy) is 1. The van der Waals surface area contributed by atoms with Gasteiger partial charge < -0.3 is 9.64 Å². The zero-order valence-electron chi connectivity index (χ0n) is 10.5. The third-order valence-electron chi connectivity index (χ3n) is 2.54. The summed E-state index contributed by atoms with van der Waals surface area (Å²) in [6, 6.07) is 7.60. The van der Waals surface area contributed by atoms with Crippen molar-refractivity contribution in [1.29, 1.82) is 0 Å². The zero-order chi connectivity index (χ0) is 13.5. The maximum Gasteiger partial charge on any atom is 0.226 e. The Balaban J connectivity index is 2.33. The van der Waals surface area contributed by atoms with Gasteiger partial charge in [0.1, 0.15) is 12.4 Å². The first-order valence-electron chi connectivity index (χ1n) is 5.74. The molecule has 0 aliphatic rings. The Morgan fingerprint density at radius 3 is 2.61 bits per heavy atom. The number of likely N-dealkylation sites (N-methyl/N-ethyl adjacent to an activating group) is 1. The Hall–Kier alpha value is -0.740. The number of carbonyl (C=O) groups is 1. The average Bonchev–Trinajstić information content (AvgIpc) is 2.39. The zero-order valence-corrected chi connectivity index (χ0v) is 12.9. The first-order valence-corrected chi connectivity index (χ1v) is 7.06. The number of alkyl halides is 1. The SMILES string of the molecule is CC(CCl)C(=O)N(C)CCOc1ccc(Br)cc1. The second-order valence-electron chi connectivity index (χ2n) is 4.12. The Labute approximate surface area is 121 Å². The number of nitrogens with zero attached hydrogens (tertiary/aromatic N) is 1. The van der Waals surface area contributed by atoms with Crippen LogP contribution in [0, 0.1) is 5.92 Å². The second-order valence-corrected chi connectivity index (χ2v) is 5.34. The highest BCUT2D eigenvalue weighted by Gasteiger charge is 2.15. The monoisotopic (exact) mass is 333 g/mol.